The SMILES string of the molecule is CC(C)C[C@H](CNC(=O)N(C)CCC(C)O)CC(=O)O. The zero-order valence-corrected chi connectivity index (χ0v) is 12.9. The number of nitrogens with zero attached hydrogens (tertiary/aromatic N) is 1. The second-order valence-electron chi connectivity index (χ2n) is 5.84. The Balaban J connectivity index is 4.17. The number of urea groups is 1. The Morgan fingerprint density at radius 2 is 1.85 bits per heavy atom. The van der Waals surface area contributed by atoms with Crippen LogP contribution in [0.3, 0.4) is 0 Å². The summed E-state index contributed by atoms with van der Waals surface area (Å²) >= 11 is 0. The van der Waals surface area contributed by atoms with E-state index in [-0.39, 0.29) is 18.4 Å². The molecule has 0 spiro atoms. The molecule has 6 nitrogen and oxygen atoms in total. The maximum atomic E-state index is 11.8. The number of amides is 2. The molecular weight excluding hydrogens is 260 g/mol. The van der Waals surface area contributed by atoms with Crippen LogP contribution in [-0.4, -0.2) is 53.4 Å². The third-order valence-electron chi connectivity index (χ3n) is 3.04. The molecule has 0 aromatic carbocycles. The summed E-state index contributed by atoms with van der Waals surface area (Å²) in [5, 5.41) is 20.8. The summed E-state index contributed by atoms with van der Waals surface area (Å²) in [4.78, 5) is 24.1. The first-order valence-corrected chi connectivity index (χ1v) is 7.11. The van der Waals surface area contributed by atoms with Crippen LogP contribution in [0.2, 0.25) is 0 Å². The first kappa shape index (κ1) is 18.7. The van der Waals surface area contributed by atoms with Crippen molar-refractivity contribution in [1.29, 1.82) is 0 Å². The van der Waals surface area contributed by atoms with Crippen LogP contribution < -0.4 is 5.32 Å². The van der Waals surface area contributed by atoms with Gasteiger partial charge in [0.25, 0.3) is 0 Å². The van der Waals surface area contributed by atoms with Gasteiger partial charge in [-0.15, -0.1) is 0 Å². The summed E-state index contributed by atoms with van der Waals surface area (Å²) < 4.78 is 0. The largest absolute Gasteiger partial charge is 0.481 e. The molecule has 0 bridgehead atoms. The van der Waals surface area contributed by atoms with Crippen LogP contribution in [0.5, 0.6) is 0 Å². The minimum absolute atomic E-state index is 0.0541. The lowest BCUT2D eigenvalue weighted by atomic mass is 9.94. The minimum atomic E-state index is -0.840. The average Bonchev–Trinajstić information content (AvgIpc) is 2.31. The number of nitrogens with one attached hydrogen (secondary N) is 1. The van der Waals surface area contributed by atoms with Gasteiger partial charge in [0.05, 0.1) is 6.10 Å². The molecule has 0 aliphatic heterocycles. The minimum Gasteiger partial charge on any atom is -0.481 e. The second-order valence-corrected chi connectivity index (χ2v) is 5.84. The summed E-state index contributed by atoms with van der Waals surface area (Å²) in [6.07, 6.45) is 0.917. The molecule has 6 heteroatoms. The number of carbonyl (C=O) groups excluding carboxylic acids is 1. The summed E-state index contributed by atoms with van der Waals surface area (Å²) in [5.74, 6) is -0.502. The van der Waals surface area contributed by atoms with Gasteiger partial charge in [0, 0.05) is 26.6 Å². The number of carboxylic acids is 1. The van der Waals surface area contributed by atoms with E-state index in [0.29, 0.717) is 25.4 Å². The number of carboxylic acid groups (broad SMARTS) is 1. The van der Waals surface area contributed by atoms with Crippen molar-refractivity contribution in [2.45, 2.75) is 46.1 Å². The van der Waals surface area contributed by atoms with Gasteiger partial charge in [0.15, 0.2) is 0 Å². The zero-order valence-electron chi connectivity index (χ0n) is 12.9. The summed E-state index contributed by atoms with van der Waals surface area (Å²) in [6.45, 7) is 6.58. The molecule has 0 radical (unpaired) electrons. The highest BCUT2D eigenvalue weighted by Crippen LogP contribution is 2.14. The highest BCUT2D eigenvalue weighted by molar-refractivity contribution is 5.74. The molecule has 1 unspecified atom stereocenters. The van der Waals surface area contributed by atoms with E-state index < -0.39 is 12.1 Å². The maximum absolute atomic E-state index is 11.8. The molecule has 20 heavy (non-hydrogen) atoms. The van der Waals surface area contributed by atoms with Crippen LogP contribution >= 0.6 is 0 Å². The van der Waals surface area contributed by atoms with Gasteiger partial charge in [-0.2, -0.15) is 0 Å². The number of aliphatic hydroxyl groups is 1. The van der Waals surface area contributed by atoms with Crippen molar-refractivity contribution in [1.82, 2.24) is 10.2 Å². The Morgan fingerprint density at radius 1 is 1.25 bits per heavy atom. The van der Waals surface area contributed by atoms with Gasteiger partial charge < -0.3 is 20.4 Å². The van der Waals surface area contributed by atoms with Gasteiger partial charge in [-0.05, 0) is 31.6 Å². The fourth-order valence-corrected chi connectivity index (χ4v) is 2.00. The van der Waals surface area contributed by atoms with Gasteiger partial charge >= 0.3 is 12.0 Å². The topological polar surface area (TPSA) is 89.9 Å². The first-order chi connectivity index (χ1) is 9.22. The van der Waals surface area contributed by atoms with Gasteiger partial charge in [0.2, 0.25) is 0 Å². The number of carbonyl (C=O) groups is 2. The Labute approximate surface area is 121 Å². The van der Waals surface area contributed by atoms with Crippen molar-refractivity contribution in [2.24, 2.45) is 11.8 Å². The number of hydrogen-bond acceptors (Lipinski definition) is 3. The van der Waals surface area contributed by atoms with E-state index >= 15 is 0 Å². The standard InChI is InChI=1S/C14H28N2O4/c1-10(2)7-12(8-13(18)19)9-15-14(20)16(4)6-5-11(3)17/h10-12,17H,5-9H2,1-4H3,(H,15,20)(H,18,19)/t11?,12-/m0/s1. The molecule has 0 aliphatic carbocycles. The maximum Gasteiger partial charge on any atom is 0.317 e. The lowest BCUT2D eigenvalue weighted by Gasteiger charge is -2.22. The average molecular weight is 288 g/mol. The fourth-order valence-electron chi connectivity index (χ4n) is 2.00. The lowest BCUT2D eigenvalue weighted by molar-refractivity contribution is -0.138. The van der Waals surface area contributed by atoms with Crippen molar-refractivity contribution in [2.75, 3.05) is 20.1 Å². The van der Waals surface area contributed by atoms with Crippen molar-refractivity contribution >= 4 is 12.0 Å². The fraction of sp³-hybridized carbons (Fsp3) is 0.857. The molecule has 2 amide bonds. The highest BCUT2D eigenvalue weighted by Gasteiger charge is 2.17. The number of rotatable bonds is 9. The Hall–Kier alpha value is -1.30. The van der Waals surface area contributed by atoms with Crippen molar-refractivity contribution < 1.29 is 19.8 Å². The zero-order chi connectivity index (χ0) is 15.7. The van der Waals surface area contributed by atoms with Gasteiger partial charge in [-0.1, -0.05) is 13.8 Å². The molecule has 0 aromatic rings. The van der Waals surface area contributed by atoms with E-state index in [1.165, 1.54) is 4.90 Å². The predicted molar refractivity (Wildman–Crippen MR) is 77.5 cm³/mol. The van der Waals surface area contributed by atoms with Gasteiger partial charge in [-0.25, -0.2) is 4.79 Å². The normalized spacial score (nSPS) is 13.9. The molecule has 0 saturated heterocycles. The van der Waals surface area contributed by atoms with E-state index in [9.17, 15) is 14.7 Å². The second kappa shape index (κ2) is 9.58. The van der Waals surface area contributed by atoms with E-state index in [2.05, 4.69) is 5.32 Å². The predicted octanol–water partition coefficient (Wildman–Crippen LogP) is 1.54. The third-order valence-corrected chi connectivity index (χ3v) is 3.04. The van der Waals surface area contributed by atoms with Gasteiger partial charge in [-0.3, -0.25) is 4.79 Å². The Kier molecular flexibility index (Phi) is 8.96. The van der Waals surface area contributed by atoms with Crippen LogP contribution in [0.1, 0.15) is 40.0 Å². The molecule has 0 saturated carbocycles. The van der Waals surface area contributed by atoms with Crippen LogP contribution in [0.25, 0.3) is 0 Å². The van der Waals surface area contributed by atoms with Crippen molar-refractivity contribution in [3.63, 3.8) is 0 Å². The molecule has 0 aliphatic rings. The lowest BCUT2D eigenvalue weighted by Crippen LogP contribution is -2.41. The molecule has 118 valence electrons. The Bertz CT molecular complexity index is 306. The number of hydrogen-bond donors (Lipinski definition) is 3. The number of aliphatic carboxylic acids is 1. The number of aliphatic hydroxyl groups excluding tert-OH is 1. The highest BCUT2D eigenvalue weighted by atomic mass is 16.4. The van der Waals surface area contributed by atoms with Crippen LogP contribution in [0.4, 0.5) is 4.79 Å². The molecule has 3 N–H and O–H groups in total. The molecule has 0 aromatic heterocycles. The van der Waals surface area contributed by atoms with Crippen molar-refractivity contribution in [3.8, 4) is 0 Å². The van der Waals surface area contributed by atoms with Crippen LogP contribution in [-0.2, 0) is 4.79 Å². The van der Waals surface area contributed by atoms with E-state index in [4.69, 9.17) is 5.11 Å². The summed E-state index contributed by atoms with van der Waals surface area (Å²) in [7, 11) is 1.66. The Morgan fingerprint density at radius 3 is 2.30 bits per heavy atom. The van der Waals surface area contributed by atoms with E-state index in [1.54, 1.807) is 14.0 Å². The van der Waals surface area contributed by atoms with Gasteiger partial charge in [0.1, 0.15) is 0 Å². The third kappa shape index (κ3) is 9.61. The molecule has 0 rings (SSSR count). The quantitative estimate of drug-likeness (QED) is 0.600. The van der Waals surface area contributed by atoms with Crippen LogP contribution in [0, 0.1) is 11.8 Å². The van der Waals surface area contributed by atoms with E-state index in [0.717, 1.165) is 6.42 Å². The summed E-state index contributed by atoms with van der Waals surface area (Å²) in [6, 6.07) is -0.232. The smallest absolute Gasteiger partial charge is 0.317 e. The monoisotopic (exact) mass is 288 g/mol. The molecule has 0 fully saturated rings. The van der Waals surface area contributed by atoms with Crippen LogP contribution in [0.15, 0.2) is 0 Å². The van der Waals surface area contributed by atoms with E-state index in [1.807, 2.05) is 13.8 Å². The molecular formula is C14H28N2O4. The van der Waals surface area contributed by atoms with Crippen molar-refractivity contribution in [3.05, 3.63) is 0 Å². The molecule has 0 heterocycles. The first-order valence-electron chi connectivity index (χ1n) is 7.11. The summed E-state index contributed by atoms with van der Waals surface area (Å²) in [5.41, 5.74) is 0. The molecule has 2 atom stereocenters.